The van der Waals surface area contributed by atoms with Crippen molar-refractivity contribution in [2.75, 3.05) is 11.0 Å². The van der Waals surface area contributed by atoms with Crippen LogP contribution in [0.4, 0.5) is 0 Å². The fourth-order valence-electron chi connectivity index (χ4n) is 1.47. The third-order valence-electron chi connectivity index (χ3n) is 2.43. The maximum atomic E-state index is 11.8. The fraction of sp³-hybridized carbons (Fsp3) is 0.700. The average molecular weight is 371 g/mol. The molecule has 0 saturated carbocycles. The van der Waals surface area contributed by atoms with Crippen molar-refractivity contribution < 1.29 is 8.42 Å². The zero-order valence-electron chi connectivity index (χ0n) is 9.87. The van der Waals surface area contributed by atoms with Gasteiger partial charge in [-0.3, -0.25) is 5.10 Å². The Morgan fingerprint density at radius 1 is 1.35 bits per heavy atom. The lowest BCUT2D eigenvalue weighted by atomic mass is 10.2. The molecule has 5 nitrogen and oxygen atoms in total. The molecule has 0 fully saturated rings. The van der Waals surface area contributed by atoms with E-state index in [1.54, 1.807) is 6.92 Å². The van der Waals surface area contributed by atoms with E-state index in [1.165, 1.54) is 12.6 Å². The molecule has 7 heteroatoms. The zero-order valence-corrected chi connectivity index (χ0v) is 12.8. The quantitative estimate of drug-likeness (QED) is 0.417. The lowest BCUT2D eigenvalue weighted by molar-refractivity contribution is 0.573. The molecule has 0 aliphatic carbocycles. The first kappa shape index (κ1) is 14.9. The summed E-state index contributed by atoms with van der Waals surface area (Å²) in [5.74, 6) is 0. The van der Waals surface area contributed by atoms with Crippen LogP contribution in [-0.2, 0) is 10.0 Å². The molecule has 0 bridgehead atoms. The van der Waals surface area contributed by atoms with Crippen LogP contribution in [0.2, 0.25) is 0 Å². The molecule has 1 aromatic heterocycles. The van der Waals surface area contributed by atoms with Crippen molar-refractivity contribution in [1.29, 1.82) is 0 Å². The van der Waals surface area contributed by atoms with Crippen molar-refractivity contribution in [3.8, 4) is 0 Å². The Labute approximate surface area is 116 Å². The Morgan fingerprint density at radius 3 is 2.65 bits per heavy atom. The standard InChI is InChI=1S/C10H18IN3O2S/c1-9-10(8-12-14-9)17(15,16)13-7-5-3-2-4-6-11/h8,13H,2-7H2,1H3,(H,12,14). The van der Waals surface area contributed by atoms with Crippen LogP contribution in [0, 0.1) is 6.92 Å². The molecular weight excluding hydrogens is 353 g/mol. The normalized spacial score (nSPS) is 11.9. The van der Waals surface area contributed by atoms with Crippen LogP contribution in [0.3, 0.4) is 0 Å². The van der Waals surface area contributed by atoms with Crippen LogP contribution in [-0.4, -0.2) is 29.6 Å². The second-order valence-electron chi connectivity index (χ2n) is 3.86. The van der Waals surface area contributed by atoms with Crippen molar-refractivity contribution in [2.24, 2.45) is 0 Å². The summed E-state index contributed by atoms with van der Waals surface area (Å²) in [7, 11) is -3.39. The lowest BCUT2D eigenvalue weighted by Gasteiger charge is -2.05. The number of aryl methyl sites for hydroxylation is 1. The molecule has 0 aliphatic rings. The topological polar surface area (TPSA) is 74.8 Å². The summed E-state index contributed by atoms with van der Waals surface area (Å²) in [5, 5.41) is 6.33. The minimum atomic E-state index is -3.39. The molecule has 98 valence electrons. The Morgan fingerprint density at radius 2 is 2.06 bits per heavy atom. The number of rotatable bonds is 8. The Bertz CT molecular complexity index is 431. The molecule has 0 atom stereocenters. The molecular formula is C10H18IN3O2S. The van der Waals surface area contributed by atoms with Crippen LogP contribution in [0.25, 0.3) is 0 Å². The number of sulfonamides is 1. The zero-order chi connectivity index (χ0) is 12.7. The molecule has 0 aliphatic heterocycles. The SMILES string of the molecule is Cc1[nH]ncc1S(=O)(=O)NCCCCCCI. The van der Waals surface area contributed by atoms with Gasteiger partial charge in [-0.1, -0.05) is 35.4 Å². The number of H-pyrrole nitrogens is 1. The van der Waals surface area contributed by atoms with Crippen molar-refractivity contribution in [3.63, 3.8) is 0 Å². The summed E-state index contributed by atoms with van der Waals surface area (Å²) in [5.41, 5.74) is 0.572. The summed E-state index contributed by atoms with van der Waals surface area (Å²) < 4.78 is 27.4. The van der Waals surface area contributed by atoms with Crippen LogP contribution in [0.1, 0.15) is 31.4 Å². The predicted molar refractivity (Wildman–Crippen MR) is 75.9 cm³/mol. The van der Waals surface area contributed by atoms with E-state index in [9.17, 15) is 8.42 Å². The van der Waals surface area contributed by atoms with Gasteiger partial charge < -0.3 is 0 Å². The average Bonchev–Trinajstić information content (AvgIpc) is 2.70. The highest BCUT2D eigenvalue weighted by Crippen LogP contribution is 2.10. The molecule has 0 amide bonds. The van der Waals surface area contributed by atoms with Gasteiger partial charge in [0.25, 0.3) is 0 Å². The van der Waals surface area contributed by atoms with Gasteiger partial charge in [0.05, 0.1) is 11.9 Å². The van der Waals surface area contributed by atoms with Crippen LogP contribution in [0.5, 0.6) is 0 Å². The number of hydrogen-bond acceptors (Lipinski definition) is 3. The molecule has 2 N–H and O–H groups in total. The highest BCUT2D eigenvalue weighted by Gasteiger charge is 2.17. The second-order valence-corrected chi connectivity index (χ2v) is 6.67. The number of halogens is 1. The summed E-state index contributed by atoms with van der Waals surface area (Å²) in [4.78, 5) is 0.241. The molecule has 0 saturated heterocycles. The third-order valence-corrected chi connectivity index (χ3v) is 4.76. The van der Waals surface area contributed by atoms with Gasteiger partial charge in [0.2, 0.25) is 10.0 Å². The first-order chi connectivity index (χ1) is 8.08. The van der Waals surface area contributed by atoms with Crippen LogP contribution >= 0.6 is 22.6 Å². The van der Waals surface area contributed by atoms with Crippen molar-refractivity contribution in [2.45, 2.75) is 37.5 Å². The number of aromatic amines is 1. The number of unbranched alkanes of at least 4 members (excludes halogenated alkanes) is 3. The number of nitrogens with one attached hydrogen (secondary N) is 2. The van der Waals surface area contributed by atoms with E-state index in [4.69, 9.17) is 0 Å². The van der Waals surface area contributed by atoms with E-state index in [-0.39, 0.29) is 4.90 Å². The third kappa shape index (κ3) is 4.92. The highest BCUT2D eigenvalue weighted by atomic mass is 127. The van der Waals surface area contributed by atoms with Crippen molar-refractivity contribution >= 4 is 32.6 Å². The van der Waals surface area contributed by atoms with Crippen molar-refractivity contribution in [3.05, 3.63) is 11.9 Å². The second kappa shape index (κ2) is 7.32. The number of nitrogens with zero attached hydrogens (tertiary/aromatic N) is 1. The summed E-state index contributed by atoms with van der Waals surface area (Å²) in [6, 6.07) is 0. The fourth-order valence-corrected chi connectivity index (χ4v) is 3.22. The minimum absolute atomic E-state index is 0.241. The van der Waals surface area contributed by atoms with E-state index < -0.39 is 10.0 Å². The summed E-state index contributed by atoms with van der Waals surface area (Å²) >= 11 is 2.35. The molecule has 0 unspecified atom stereocenters. The van der Waals surface area contributed by atoms with Gasteiger partial charge >= 0.3 is 0 Å². The molecule has 1 rings (SSSR count). The minimum Gasteiger partial charge on any atom is -0.281 e. The largest absolute Gasteiger partial charge is 0.281 e. The van der Waals surface area contributed by atoms with Crippen LogP contribution in [0.15, 0.2) is 11.1 Å². The van der Waals surface area contributed by atoms with Crippen LogP contribution < -0.4 is 4.72 Å². The summed E-state index contributed by atoms with van der Waals surface area (Å²) in [6.07, 6.45) is 5.65. The monoisotopic (exact) mass is 371 g/mol. The number of alkyl halides is 1. The van der Waals surface area contributed by atoms with Gasteiger partial charge in [0, 0.05) is 6.54 Å². The van der Waals surface area contributed by atoms with Gasteiger partial charge in [-0.25, -0.2) is 13.1 Å². The number of aromatic nitrogens is 2. The molecule has 0 aromatic carbocycles. The maximum absolute atomic E-state index is 11.8. The molecule has 0 radical (unpaired) electrons. The Hall–Kier alpha value is -0.150. The molecule has 1 aromatic rings. The Balaban J connectivity index is 2.34. The molecule has 17 heavy (non-hydrogen) atoms. The van der Waals surface area contributed by atoms with E-state index in [2.05, 4.69) is 37.5 Å². The van der Waals surface area contributed by atoms with E-state index in [1.807, 2.05) is 0 Å². The molecule has 1 heterocycles. The smallest absolute Gasteiger partial charge is 0.243 e. The maximum Gasteiger partial charge on any atom is 0.243 e. The van der Waals surface area contributed by atoms with Crippen molar-refractivity contribution in [1.82, 2.24) is 14.9 Å². The molecule has 0 spiro atoms. The Kier molecular flexibility index (Phi) is 6.42. The first-order valence-corrected chi connectivity index (χ1v) is 8.64. The lowest BCUT2D eigenvalue weighted by Crippen LogP contribution is -2.25. The van der Waals surface area contributed by atoms with Gasteiger partial charge in [0.1, 0.15) is 4.90 Å². The van der Waals surface area contributed by atoms with E-state index in [0.29, 0.717) is 12.2 Å². The van der Waals surface area contributed by atoms with Gasteiger partial charge in [-0.15, -0.1) is 0 Å². The van der Waals surface area contributed by atoms with E-state index >= 15 is 0 Å². The predicted octanol–water partition coefficient (Wildman–Crippen LogP) is 1.99. The number of hydrogen-bond donors (Lipinski definition) is 2. The van der Waals surface area contributed by atoms with Gasteiger partial charge in [-0.2, -0.15) is 5.10 Å². The van der Waals surface area contributed by atoms with E-state index in [0.717, 1.165) is 23.7 Å². The summed E-state index contributed by atoms with van der Waals surface area (Å²) in [6.45, 7) is 2.19. The first-order valence-electron chi connectivity index (χ1n) is 5.63. The van der Waals surface area contributed by atoms with Gasteiger partial charge in [-0.05, 0) is 24.2 Å². The van der Waals surface area contributed by atoms with Gasteiger partial charge in [0.15, 0.2) is 0 Å². The highest BCUT2D eigenvalue weighted by molar-refractivity contribution is 14.1.